The minimum absolute atomic E-state index is 0.0647. The molecule has 7 heteroatoms. The zero-order valence-electron chi connectivity index (χ0n) is 12.1. The first-order chi connectivity index (χ1) is 9.85. The summed E-state index contributed by atoms with van der Waals surface area (Å²) in [5, 5.41) is 8.09. The SMILES string of the molecule is Cc1ccc(N2CC(N(C)C(=O)C3CC(F)(F)C3)C2)nn1. The van der Waals surface area contributed by atoms with Crippen LogP contribution in [0, 0.1) is 12.8 Å². The lowest BCUT2D eigenvalue weighted by molar-refractivity contribution is -0.160. The van der Waals surface area contributed by atoms with Crippen molar-refractivity contribution in [3.63, 3.8) is 0 Å². The van der Waals surface area contributed by atoms with E-state index in [0.29, 0.717) is 13.1 Å². The van der Waals surface area contributed by atoms with Gasteiger partial charge in [-0.15, -0.1) is 5.10 Å². The van der Waals surface area contributed by atoms with Crippen LogP contribution in [0.3, 0.4) is 0 Å². The zero-order chi connectivity index (χ0) is 15.2. The van der Waals surface area contributed by atoms with Crippen LogP contribution >= 0.6 is 0 Å². The van der Waals surface area contributed by atoms with Crippen LogP contribution in [0.5, 0.6) is 0 Å². The predicted octanol–water partition coefficient (Wildman–Crippen LogP) is 1.48. The van der Waals surface area contributed by atoms with E-state index in [1.807, 2.05) is 24.0 Å². The van der Waals surface area contributed by atoms with E-state index in [4.69, 9.17) is 0 Å². The number of hydrogen-bond donors (Lipinski definition) is 0. The lowest BCUT2D eigenvalue weighted by Crippen LogP contribution is -2.62. The van der Waals surface area contributed by atoms with Gasteiger partial charge in [0.2, 0.25) is 11.8 Å². The van der Waals surface area contributed by atoms with Crippen molar-refractivity contribution in [2.24, 2.45) is 5.92 Å². The fraction of sp³-hybridized carbons (Fsp3) is 0.643. The Bertz CT molecular complexity index is 534. The van der Waals surface area contributed by atoms with Crippen molar-refractivity contribution in [2.45, 2.75) is 31.7 Å². The average Bonchev–Trinajstić information content (AvgIpc) is 2.35. The molecule has 0 aromatic carbocycles. The third kappa shape index (κ3) is 2.69. The van der Waals surface area contributed by atoms with Crippen LogP contribution in [0.2, 0.25) is 0 Å². The molecule has 0 radical (unpaired) electrons. The number of anilines is 1. The fourth-order valence-electron chi connectivity index (χ4n) is 2.75. The van der Waals surface area contributed by atoms with Gasteiger partial charge in [-0.05, 0) is 19.1 Å². The number of hydrogen-bond acceptors (Lipinski definition) is 4. The Labute approximate surface area is 121 Å². The maximum Gasteiger partial charge on any atom is 0.249 e. The second-order valence-corrected chi connectivity index (χ2v) is 6.00. The van der Waals surface area contributed by atoms with E-state index in [0.717, 1.165) is 11.5 Å². The fourth-order valence-corrected chi connectivity index (χ4v) is 2.75. The molecular weight excluding hydrogens is 278 g/mol. The lowest BCUT2D eigenvalue weighted by Gasteiger charge is -2.46. The third-order valence-corrected chi connectivity index (χ3v) is 4.30. The van der Waals surface area contributed by atoms with Gasteiger partial charge in [-0.1, -0.05) is 0 Å². The van der Waals surface area contributed by atoms with Gasteiger partial charge < -0.3 is 9.80 Å². The largest absolute Gasteiger partial charge is 0.351 e. The number of nitrogens with zero attached hydrogens (tertiary/aromatic N) is 4. The smallest absolute Gasteiger partial charge is 0.249 e. The molecule has 1 saturated heterocycles. The number of rotatable bonds is 3. The molecule has 5 nitrogen and oxygen atoms in total. The summed E-state index contributed by atoms with van der Waals surface area (Å²) in [5.41, 5.74) is 0.856. The van der Waals surface area contributed by atoms with Crippen molar-refractivity contribution in [1.82, 2.24) is 15.1 Å². The van der Waals surface area contributed by atoms with Gasteiger partial charge in [0.15, 0.2) is 5.82 Å². The second-order valence-electron chi connectivity index (χ2n) is 6.00. The van der Waals surface area contributed by atoms with Crippen molar-refractivity contribution < 1.29 is 13.6 Å². The van der Waals surface area contributed by atoms with Crippen molar-refractivity contribution in [2.75, 3.05) is 25.0 Å². The molecule has 1 saturated carbocycles. The number of carbonyl (C=O) groups excluding carboxylic acids is 1. The first-order valence-corrected chi connectivity index (χ1v) is 7.05. The number of carbonyl (C=O) groups is 1. The monoisotopic (exact) mass is 296 g/mol. The van der Waals surface area contributed by atoms with Gasteiger partial charge in [0, 0.05) is 38.9 Å². The molecule has 21 heavy (non-hydrogen) atoms. The van der Waals surface area contributed by atoms with E-state index in [9.17, 15) is 13.6 Å². The van der Waals surface area contributed by atoms with Crippen molar-refractivity contribution in [1.29, 1.82) is 0 Å². The Morgan fingerprint density at radius 1 is 1.33 bits per heavy atom. The highest BCUT2D eigenvalue weighted by Gasteiger charge is 2.50. The van der Waals surface area contributed by atoms with E-state index in [2.05, 4.69) is 10.2 Å². The molecular formula is C14H18F2N4O. The number of amides is 1. The molecule has 1 aromatic heterocycles. The summed E-state index contributed by atoms with van der Waals surface area (Å²) in [7, 11) is 1.70. The standard InChI is InChI=1S/C14H18F2N4O/c1-9-3-4-12(18-17-9)20-7-11(8-20)19(2)13(21)10-5-14(15,16)6-10/h3-4,10-11H,5-8H2,1-2H3. The highest BCUT2D eigenvalue weighted by atomic mass is 19.3. The number of aromatic nitrogens is 2. The van der Waals surface area contributed by atoms with Crippen LogP contribution in [0.4, 0.5) is 14.6 Å². The van der Waals surface area contributed by atoms with Gasteiger partial charge in [0.25, 0.3) is 0 Å². The van der Waals surface area contributed by atoms with E-state index in [-0.39, 0.29) is 24.8 Å². The van der Waals surface area contributed by atoms with E-state index in [1.165, 1.54) is 0 Å². The van der Waals surface area contributed by atoms with E-state index >= 15 is 0 Å². The highest BCUT2D eigenvalue weighted by molar-refractivity contribution is 5.80. The minimum atomic E-state index is -2.65. The average molecular weight is 296 g/mol. The number of alkyl halides is 2. The molecule has 114 valence electrons. The summed E-state index contributed by atoms with van der Waals surface area (Å²) < 4.78 is 25.7. The summed E-state index contributed by atoms with van der Waals surface area (Å²) in [6, 6.07) is 3.85. The Hall–Kier alpha value is -1.79. The van der Waals surface area contributed by atoms with Crippen LogP contribution in [0.25, 0.3) is 0 Å². The van der Waals surface area contributed by atoms with E-state index < -0.39 is 11.8 Å². The first-order valence-electron chi connectivity index (χ1n) is 7.05. The lowest BCUT2D eigenvalue weighted by atomic mass is 9.80. The minimum Gasteiger partial charge on any atom is -0.351 e. The number of aryl methyl sites for hydroxylation is 1. The van der Waals surface area contributed by atoms with Gasteiger partial charge in [0.05, 0.1) is 11.7 Å². The highest BCUT2D eigenvalue weighted by Crippen LogP contribution is 2.43. The number of likely N-dealkylation sites (N-methyl/N-ethyl adjacent to an activating group) is 1. The molecule has 1 aliphatic heterocycles. The Morgan fingerprint density at radius 2 is 2.00 bits per heavy atom. The van der Waals surface area contributed by atoms with Gasteiger partial charge in [-0.25, -0.2) is 8.78 Å². The molecule has 2 fully saturated rings. The second kappa shape index (κ2) is 4.89. The van der Waals surface area contributed by atoms with Crippen LogP contribution in [-0.4, -0.2) is 53.1 Å². The quantitative estimate of drug-likeness (QED) is 0.847. The Kier molecular flexibility index (Phi) is 3.30. The molecule has 0 spiro atoms. The van der Waals surface area contributed by atoms with Crippen LogP contribution in [0.1, 0.15) is 18.5 Å². The summed E-state index contributed by atoms with van der Waals surface area (Å²) in [4.78, 5) is 15.7. The zero-order valence-corrected chi connectivity index (χ0v) is 12.1. The molecule has 0 bridgehead atoms. The summed E-state index contributed by atoms with van der Waals surface area (Å²) >= 11 is 0. The van der Waals surface area contributed by atoms with Gasteiger partial charge >= 0.3 is 0 Å². The maximum atomic E-state index is 12.8. The molecule has 1 amide bonds. The summed E-state index contributed by atoms with van der Waals surface area (Å²) in [5.74, 6) is -2.55. The van der Waals surface area contributed by atoms with E-state index in [1.54, 1.807) is 11.9 Å². The molecule has 1 aromatic rings. The molecule has 0 unspecified atom stereocenters. The summed E-state index contributed by atoms with van der Waals surface area (Å²) in [6.45, 7) is 3.21. The van der Waals surface area contributed by atoms with Gasteiger partial charge in [-0.2, -0.15) is 5.10 Å². The van der Waals surface area contributed by atoms with Crippen LogP contribution < -0.4 is 4.90 Å². The van der Waals surface area contributed by atoms with Crippen molar-refractivity contribution in [3.8, 4) is 0 Å². The van der Waals surface area contributed by atoms with Crippen molar-refractivity contribution >= 4 is 11.7 Å². The topological polar surface area (TPSA) is 49.3 Å². The normalized spacial score (nSPS) is 21.6. The molecule has 1 aliphatic carbocycles. The van der Waals surface area contributed by atoms with Gasteiger partial charge in [-0.3, -0.25) is 4.79 Å². The maximum absolute atomic E-state index is 12.8. The van der Waals surface area contributed by atoms with Crippen LogP contribution in [0.15, 0.2) is 12.1 Å². The molecule has 0 N–H and O–H groups in total. The van der Waals surface area contributed by atoms with Gasteiger partial charge in [0.1, 0.15) is 0 Å². The molecule has 2 aliphatic rings. The Balaban J connectivity index is 1.51. The molecule has 3 rings (SSSR count). The predicted molar refractivity (Wildman–Crippen MR) is 73.2 cm³/mol. The first kappa shape index (κ1) is 14.2. The van der Waals surface area contributed by atoms with Crippen LogP contribution in [-0.2, 0) is 4.79 Å². The number of halogens is 2. The Morgan fingerprint density at radius 3 is 2.52 bits per heavy atom. The molecule has 2 heterocycles. The molecule has 0 atom stereocenters. The van der Waals surface area contributed by atoms with Crippen molar-refractivity contribution in [3.05, 3.63) is 17.8 Å². The summed E-state index contributed by atoms with van der Waals surface area (Å²) in [6.07, 6.45) is -0.619. The third-order valence-electron chi connectivity index (χ3n) is 4.30.